The zero-order valence-electron chi connectivity index (χ0n) is 16.9. The van der Waals surface area contributed by atoms with Crippen molar-refractivity contribution in [3.8, 4) is 0 Å². The first kappa shape index (κ1) is 27.8. The molecule has 0 radical (unpaired) electrons. The molecule has 0 heterocycles. The second-order valence-electron chi connectivity index (χ2n) is 6.41. The summed E-state index contributed by atoms with van der Waals surface area (Å²) in [5, 5.41) is 48.2. The molecule has 0 saturated carbocycles. The monoisotopic (exact) mass is 425 g/mol. The standard InChI is InChI=1S/C18H35NO10/c1-13(2)18(25)19-3-4-26-11-17(29-9-15(24)6-21)12-27-10-16(7-22)28-8-14(23)5-20/h14-17,20-24H,1,3-12H2,2H3,(H,19,25). The third-order valence-electron chi connectivity index (χ3n) is 3.50. The van der Waals surface area contributed by atoms with Gasteiger partial charge < -0.3 is 49.8 Å². The zero-order chi connectivity index (χ0) is 22.1. The molecule has 11 heteroatoms. The van der Waals surface area contributed by atoms with Gasteiger partial charge >= 0.3 is 0 Å². The third-order valence-corrected chi connectivity index (χ3v) is 3.50. The van der Waals surface area contributed by atoms with Crippen molar-refractivity contribution in [2.45, 2.75) is 31.3 Å². The molecular weight excluding hydrogens is 390 g/mol. The lowest BCUT2D eigenvalue weighted by Gasteiger charge is -2.22. The van der Waals surface area contributed by atoms with E-state index in [1.807, 2.05) is 0 Å². The Morgan fingerprint density at radius 2 is 1.38 bits per heavy atom. The average Bonchev–Trinajstić information content (AvgIpc) is 2.72. The molecule has 0 aromatic heterocycles. The van der Waals surface area contributed by atoms with Crippen LogP contribution < -0.4 is 5.32 Å². The van der Waals surface area contributed by atoms with Crippen molar-refractivity contribution < 1.29 is 49.3 Å². The number of ether oxygens (including phenoxy) is 4. The lowest BCUT2D eigenvalue weighted by atomic mass is 10.3. The minimum Gasteiger partial charge on any atom is -0.394 e. The number of hydrogen-bond donors (Lipinski definition) is 6. The summed E-state index contributed by atoms with van der Waals surface area (Å²) in [5.41, 5.74) is 0.393. The smallest absolute Gasteiger partial charge is 0.246 e. The summed E-state index contributed by atoms with van der Waals surface area (Å²) in [7, 11) is 0. The van der Waals surface area contributed by atoms with E-state index in [4.69, 9.17) is 29.2 Å². The summed E-state index contributed by atoms with van der Waals surface area (Å²) in [4.78, 5) is 11.4. The van der Waals surface area contributed by atoms with Gasteiger partial charge in [0.1, 0.15) is 24.4 Å². The summed E-state index contributed by atoms with van der Waals surface area (Å²) in [6.45, 7) is 4.28. The Kier molecular flexibility index (Phi) is 17.0. The van der Waals surface area contributed by atoms with Crippen LogP contribution in [0.5, 0.6) is 0 Å². The largest absolute Gasteiger partial charge is 0.394 e. The van der Waals surface area contributed by atoms with Gasteiger partial charge in [-0.1, -0.05) is 6.58 Å². The highest BCUT2D eigenvalue weighted by molar-refractivity contribution is 5.91. The molecule has 1 amide bonds. The predicted molar refractivity (Wildman–Crippen MR) is 102 cm³/mol. The average molecular weight is 425 g/mol. The van der Waals surface area contributed by atoms with E-state index < -0.39 is 37.6 Å². The van der Waals surface area contributed by atoms with Crippen LogP contribution in [0, 0.1) is 0 Å². The summed E-state index contributed by atoms with van der Waals surface area (Å²) in [5.74, 6) is -0.267. The van der Waals surface area contributed by atoms with Crippen LogP contribution in [0.15, 0.2) is 12.2 Å². The lowest BCUT2D eigenvalue weighted by molar-refractivity contribution is -0.118. The van der Waals surface area contributed by atoms with E-state index >= 15 is 0 Å². The highest BCUT2D eigenvalue weighted by atomic mass is 16.6. The van der Waals surface area contributed by atoms with Crippen molar-refractivity contribution in [2.24, 2.45) is 0 Å². The Bertz CT molecular complexity index is 437. The number of aliphatic hydroxyl groups is 5. The number of nitrogens with one attached hydrogen (secondary N) is 1. The first-order valence-corrected chi connectivity index (χ1v) is 9.35. The van der Waals surface area contributed by atoms with E-state index in [1.165, 1.54) is 0 Å². The zero-order valence-corrected chi connectivity index (χ0v) is 16.9. The molecule has 0 aliphatic heterocycles. The quantitative estimate of drug-likeness (QED) is 0.0938. The van der Waals surface area contributed by atoms with Crippen molar-refractivity contribution in [3.63, 3.8) is 0 Å². The van der Waals surface area contributed by atoms with Gasteiger partial charge in [-0.05, 0) is 6.92 Å². The van der Waals surface area contributed by atoms with E-state index in [2.05, 4.69) is 11.9 Å². The van der Waals surface area contributed by atoms with Crippen LogP contribution in [0.3, 0.4) is 0 Å². The molecular formula is C18H35NO10. The number of rotatable bonds is 19. The minimum atomic E-state index is -1.04. The molecule has 0 bridgehead atoms. The number of aliphatic hydroxyl groups excluding tert-OH is 5. The normalized spacial score (nSPS) is 15.5. The molecule has 29 heavy (non-hydrogen) atoms. The molecule has 0 aromatic rings. The summed E-state index contributed by atoms with van der Waals surface area (Å²) >= 11 is 0. The van der Waals surface area contributed by atoms with Gasteiger partial charge in [-0.2, -0.15) is 0 Å². The van der Waals surface area contributed by atoms with Gasteiger partial charge in [0, 0.05) is 12.1 Å². The van der Waals surface area contributed by atoms with Gasteiger partial charge in [0.2, 0.25) is 5.91 Å². The van der Waals surface area contributed by atoms with E-state index in [1.54, 1.807) is 6.92 Å². The van der Waals surface area contributed by atoms with Crippen molar-refractivity contribution in [2.75, 3.05) is 66.0 Å². The first-order valence-electron chi connectivity index (χ1n) is 9.35. The Hall–Kier alpha value is -1.15. The molecule has 0 spiro atoms. The Labute approximate surface area is 170 Å². The summed E-state index contributed by atoms with van der Waals surface area (Å²) in [6.07, 6.45) is -3.35. The topological polar surface area (TPSA) is 167 Å². The van der Waals surface area contributed by atoms with Gasteiger partial charge in [0.05, 0.1) is 59.5 Å². The van der Waals surface area contributed by atoms with Gasteiger partial charge in [0.25, 0.3) is 0 Å². The predicted octanol–water partition coefficient (Wildman–Crippen LogP) is -2.82. The molecule has 6 N–H and O–H groups in total. The molecule has 0 saturated heterocycles. The van der Waals surface area contributed by atoms with Gasteiger partial charge in [-0.25, -0.2) is 0 Å². The highest BCUT2D eigenvalue weighted by Gasteiger charge is 2.16. The van der Waals surface area contributed by atoms with Gasteiger partial charge in [-0.15, -0.1) is 0 Å². The first-order chi connectivity index (χ1) is 13.8. The van der Waals surface area contributed by atoms with E-state index in [0.29, 0.717) is 5.57 Å². The number of carbonyl (C=O) groups is 1. The van der Waals surface area contributed by atoms with Crippen molar-refractivity contribution >= 4 is 5.91 Å². The second-order valence-corrected chi connectivity index (χ2v) is 6.41. The second kappa shape index (κ2) is 17.7. The fourth-order valence-electron chi connectivity index (χ4n) is 1.83. The Balaban J connectivity index is 4.27. The molecule has 0 aromatic carbocycles. The molecule has 4 unspecified atom stereocenters. The van der Waals surface area contributed by atoms with Crippen molar-refractivity contribution in [3.05, 3.63) is 12.2 Å². The van der Waals surface area contributed by atoms with Crippen LogP contribution in [-0.2, 0) is 23.7 Å². The Morgan fingerprint density at radius 3 is 1.90 bits per heavy atom. The van der Waals surface area contributed by atoms with E-state index in [-0.39, 0.29) is 58.7 Å². The summed E-state index contributed by atoms with van der Waals surface area (Å²) < 4.78 is 21.6. The molecule has 0 aliphatic rings. The van der Waals surface area contributed by atoms with Gasteiger partial charge in [0.15, 0.2) is 0 Å². The number of amides is 1. The third kappa shape index (κ3) is 15.4. The fraction of sp³-hybridized carbons (Fsp3) is 0.833. The Morgan fingerprint density at radius 1 is 0.862 bits per heavy atom. The molecule has 0 rings (SSSR count). The highest BCUT2D eigenvalue weighted by Crippen LogP contribution is 2.01. The molecule has 0 aliphatic carbocycles. The van der Waals surface area contributed by atoms with E-state index in [0.717, 1.165) is 0 Å². The molecule has 0 fully saturated rings. The van der Waals surface area contributed by atoms with Crippen LogP contribution in [0.2, 0.25) is 0 Å². The summed E-state index contributed by atoms with van der Waals surface area (Å²) in [6, 6.07) is 0. The van der Waals surface area contributed by atoms with Gasteiger partial charge in [-0.3, -0.25) is 4.79 Å². The number of hydrogen-bond acceptors (Lipinski definition) is 10. The lowest BCUT2D eigenvalue weighted by Crippen LogP contribution is -2.35. The minimum absolute atomic E-state index is 0.00569. The van der Waals surface area contributed by atoms with E-state index in [9.17, 15) is 20.1 Å². The fourth-order valence-corrected chi connectivity index (χ4v) is 1.83. The maximum atomic E-state index is 11.4. The van der Waals surface area contributed by atoms with Crippen LogP contribution in [-0.4, -0.2) is 122 Å². The van der Waals surface area contributed by atoms with Crippen LogP contribution in [0.1, 0.15) is 6.92 Å². The maximum absolute atomic E-state index is 11.4. The SMILES string of the molecule is C=C(C)C(=O)NCCOCC(COCC(CO)OCC(O)CO)OCC(O)CO. The van der Waals surface area contributed by atoms with Crippen LogP contribution in [0.25, 0.3) is 0 Å². The van der Waals surface area contributed by atoms with Crippen molar-refractivity contribution in [1.29, 1.82) is 0 Å². The number of carbonyl (C=O) groups excluding carboxylic acids is 1. The molecule has 11 nitrogen and oxygen atoms in total. The molecule has 4 atom stereocenters. The maximum Gasteiger partial charge on any atom is 0.246 e. The van der Waals surface area contributed by atoms with Crippen LogP contribution in [0.4, 0.5) is 0 Å². The van der Waals surface area contributed by atoms with Crippen molar-refractivity contribution in [1.82, 2.24) is 5.32 Å². The van der Waals surface area contributed by atoms with Crippen LogP contribution >= 0.6 is 0 Å². The molecule has 172 valence electrons.